The van der Waals surface area contributed by atoms with E-state index in [1.165, 1.54) is 0 Å². The Morgan fingerprint density at radius 2 is 1.80 bits per heavy atom. The second-order valence-electron chi connectivity index (χ2n) is 4.56. The zero-order chi connectivity index (χ0) is 13.8. The number of benzene rings is 2. The number of rotatable bonds is 5. The zero-order valence-electron chi connectivity index (χ0n) is 10.9. The van der Waals surface area contributed by atoms with E-state index in [0.29, 0.717) is 13.2 Å². The van der Waals surface area contributed by atoms with Crippen LogP contribution in [-0.2, 0) is 18.0 Å². The van der Waals surface area contributed by atoms with Crippen molar-refractivity contribution in [3.05, 3.63) is 60.2 Å². The van der Waals surface area contributed by atoms with Crippen molar-refractivity contribution in [1.29, 1.82) is 0 Å². The second-order valence-corrected chi connectivity index (χ2v) is 4.56. The Balaban J connectivity index is 1.79. The Kier molecular flexibility index (Phi) is 3.41. The number of carbonyl (C=O) groups is 1. The van der Waals surface area contributed by atoms with Gasteiger partial charge in [0.2, 0.25) is 6.41 Å². The van der Waals surface area contributed by atoms with Crippen LogP contribution < -0.4 is 0 Å². The predicted molar refractivity (Wildman–Crippen MR) is 75.6 cm³/mol. The van der Waals surface area contributed by atoms with E-state index in [4.69, 9.17) is 0 Å². The van der Waals surface area contributed by atoms with Gasteiger partial charge in [0, 0.05) is 6.54 Å². The fraction of sp³-hybridized carbons (Fsp3) is 0.133. The third kappa shape index (κ3) is 2.51. The molecule has 0 aliphatic rings. The minimum Gasteiger partial charge on any atom is -0.321 e. The predicted octanol–water partition coefficient (Wildman–Crippen LogP) is 2.05. The summed E-state index contributed by atoms with van der Waals surface area (Å²) in [5.74, 6) is 0. The van der Waals surface area contributed by atoms with E-state index in [9.17, 15) is 4.79 Å². The molecule has 0 bridgehead atoms. The summed E-state index contributed by atoms with van der Waals surface area (Å²) in [6, 6.07) is 17.6. The van der Waals surface area contributed by atoms with Crippen molar-refractivity contribution in [2.45, 2.75) is 13.2 Å². The minimum atomic E-state index is 0.388. The first kappa shape index (κ1) is 12.3. The largest absolute Gasteiger partial charge is 0.321 e. The van der Waals surface area contributed by atoms with Crippen molar-refractivity contribution in [2.75, 3.05) is 0 Å². The Bertz CT molecular complexity index is 708. The normalized spacial score (nSPS) is 10.6. The summed E-state index contributed by atoms with van der Waals surface area (Å²) in [5, 5.41) is 8.17. The molecule has 1 heterocycles. The molecule has 3 aromatic rings. The van der Waals surface area contributed by atoms with Gasteiger partial charge in [0.05, 0.1) is 5.52 Å². The molecule has 0 atom stereocenters. The lowest BCUT2D eigenvalue weighted by molar-refractivity contribution is -0.120. The topological polar surface area (TPSA) is 51.0 Å². The average Bonchev–Trinajstić information content (AvgIpc) is 2.91. The first-order valence-corrected chi connectivity index (χ1v) is 6.38. The van der Waals surface area contributed by atoms with Gasteiger partial charge in [-0.2, -0.15) is 0 Å². The minimum absolute atomic E-state index is 0.388. The molecule has 0 saturated heterocycles. The maximum absolute atomic E-state index is 11.2. The van der Waals surface area contributed by atoms with Crippen LogP contribution in [0, 0.1) is 0 Å². The number of para-hydroxylation sites is 1. The van der Waals surface area contributed by atoms with E-state index < -0.39 is 0 Å². The van der Waals surface area contributed by atoms with Crippen molar-refractivity contribution in [3.8, 4) is 0 Å². The molecule has 5 heteroatoms. The number of carbonyl (C=O) groups excluding carboxylic acids is 1. The molecule has 5 nitrogen and oxygen atoms in total. The highest BCUT2D eigenvalue weighted by Crippen LogP contribution is 2.11. The van der Waals surface area contributed by atoms with Crippen LogP contribution in [0.2, 0.25) is 0 Å². The molecule has 0 radical (unpaired) electrons. The number of aromatic nitrogens is 3. The quantitative estimate of drug-likeness (QED) is 0.664. The van der Waals surface area contributed by atoms with Crippen LogP contribution in [0.5, 0.6) is 0 Å². The number of hydrogen-bond acceptors (Lipinski definition) is 3. The molecule has 0 spiro atoms. The van der Waals surface area contributed by atoms with Crippen LogP contribution in [0.1, 0.15) is 5.56 Å². The number of hydrogen-bond donors (Lipinski definition) is 0. The van der Waals surface area contributed by atoms with Crippen LogP contribution in [0.15, 0.2) is 54.6 Å². The van der Waals surface area contributed by atoms with E-state index >= 15 is 0 Å². The molecular formula is C15H14N4O. The number of nitrogens with zero attached hydrogens (tertiary/aromatic N) is 4. The summed E-state index contributed by atoms with van der Waals surface area (Å²) >= 11 is 0. The zero-order valence-corrected chi connectivity index (χ0v) is 10.9. The summed E-state index contributed by atoms with van der Waals surface area (Å²) in [6.45, 7) is 0.942. The van der Waals surface area contributed by atoms with Gasteiger partial charge in [-0.05, 0) is 17.7 Å². The van der Waals surface area contributed by atoms with Crippen molar-refractivity contribution in [1.82, 2.24) is 19.9 Å². The Morgan fingerprint density at radius 3 is 2.60 bits per heavy atom. The molecular weight excluding hydrogens is 252 g/mol. The summed E-state index contributed by atoms with van der Waals surface area (Å²) in [5.41, 5.74) is 2.84. The molecule has 0 aliphatic carbocycles. The summed E-state index contributed by atoms with van der Waals surface area (Å²) in [6.07, 6.45) is 0.837. The lowest BCUT2D eigenvalue weighted by Gasteiger charge is -2.17. The molecule has 2 aromatic carbocycles. The van der Waals surface area contributed by atoms with Crippen molar-refractivity contribution >= 4 is 17.4 Å². The fourth-order valence-corrected chi connectivity index (χ4v) is 2.13. The van der Waals surface area contributed by atoms with E-state index in [-0.39, 0.29) is 0 Å². The van der Waals surface area contributed by atoms with Gasteiger partial charge in [-0.15, -0.1) is 5.10 Å². The number of amides is 1. The van der Waals surface area contributed by atoms with Gasteiger partial charge in [-0.3, -0.25) is 4.79 Å². The van der Waals surface area contributed by atoms with Gasteiger partial charge >= 0.3 is 0 Å². The van der Waals surface area contributed by atoms with Gasteiger partial charge in [-0.25, -0.2) is 4.68 Å². The van der Waals surface area contributed by atoms with Gasteiger partial charge < -0.3 is 4.90 Å². The third-order valence-electron chi connectivity index (χ3n) is 3.11. The fourth-order valence-electron chi connectivity index (χ4n) is 2.13. The highest BCUT2D eigenvalue weighted by molar-refractivity contribution is 5.73. The molecule has 0 saturated carbocycles. The van der Waals surface area contributed by atoms with Crippen LogP contribution >= 0.6 is 0 Å². The van der Waals surface area contributed by atoms with Crippen LogP contribution in [0.3, 0.4) is 0 Å². The smallest absolute Gasteiger partial charge is 0.211 e. The first-order valence-electron chi connectivity index (χ1n) is 6.38. The Labute approximate surface area is 116 Å². The lowest BCUT2D eigenvalue weighted by atomic mass is 10.2. The highest BCUT2D eigenvalue weighted by Gasteiger charge is 2.08. The summed E-state index contributed by atoms with van der Waals surface area (Å²) in [7, 11) is 0. The molecule has 3 rings (SSSR count). The SMILES string of the molecule is O=CN(Cc1ccccc1)Cn1nnc2ccccc21. The van der Waals surface area contributed by atoms with Crippen molar-refractivity contribution in [3.63, 3.8) is 0 Å². The van der Waals surface area contributed by atoms with Gasteiger partial charge in [-0.1, -0.05) is 47.7 Å². The standard InChI is InChI=1S/C15H14N4O/c20-12-18(10-13-6-2-1-3-7-13)11-19-15-9-5-4-8-14(15)16-17-19/h1-9,12H,10-11H2. The Morgan fingerprint density at radius 1 is 1.05 bits per heavy atom. The van der Waals surface area contributed by atoms with E-state index in [1.807, 2.05) is 54.6 Å². The molecule has 0 unspecified atom stereocenters. The summed E-state index contributed by atoms with van der Waals surface area (Å²) < 4.78 is 1.73. The van der Waals surface area contributed by atoms with Gasteiger partial charge in [0.15, 0.2) is 0 Å². The molecule has 0 N–H and O–H groups in total. The molecule has 100 valence electrons. The molecule has 1 aromatic heterocycles. The van der Waals surface area contributed by atoms with E-state index in [2.05, 4.69) is 10.3 Å². The van der Waals surface area contributed by atoms with Crippen molar-refractivity contribution < 1.29 is 4.79 Å². The molecule has 1 amide bonds. The summed E-state index contributed by atoms with van der Waals surface area (Å²) in [4.78, 5) is 12.9. The highest BCUT2D eigenvalue weighted by atomic mass is 16.1. The Hall–Kier alpha value is -2.69. The maximum atomic E-state index is 11.2. The first-order chi connectivity index (χ1) is 9.86. The lowest BCUT2D eigenvalue weighted by Crippen LogP contribution is -2.25. The third-order valence-corrected chi connectivity index (χ3v) is 3.11. The molecule has 20 heavy (non-hydrogen) atoms. The second kappa shape index (κ2) is 5.52. The van der Waals surface area contributed by atoms with Crippen molar-refractivity contribution in [2.24, 2.45) is 0 Å². The molecule has 0 aliphatic heterocycles. The van der Waals surface area contributed by atoms with Crippen LogP contribution in [0.25, 0.3) is 11.0 Å². The van der Waals surface area contributed by atoms with Crippen LogP contribution in [-0.4, -0.2) is 26.3 Å². The average molecular weight is 266 g/mol. The number of fused-ring (bicyclic) bond motifs is 1. The monoisotopic (exact) mass is 266 g/mol. The van der Waals surface area contributed by atoms with Crippen LogP contribution in [0.4, 0.5) is 0 Å². The van der Waals surface area contributed by atoms with E-state index in [0.717, 1.165) is 23.0 Å². The van der Waals surface area contributed by atoms with E-state index in [1.54, 1.807) is 9.58 Å². The maximum Gasteiger partial charge on any atom is 0.211 e. The van der Waals surface area contributed by atoms with Gasteiger partial charge in [0.25, 0.3) is 0 Å². The molecule has 0 fully saturated rings. The van der Waals surface area contributed by atoms with Gasteiger partial charge in [0.1, 0.15) is 12.2 Å².